The largest absolute Gasteiger partial charge is 0.367 e. The highest BCUT2D eigenvalue weighted by atomic mass is 35.5. The second-order valence-corrected chi connectivity index (χ2v) is 4.72. The molecule has 0 amide bonds. The number of aryl methyl sites for hydroxylation is 1. The molecule has 0 spiro atoms. The molecule has 0 radical (unpaired) electrons. The molecule has 0 bridgehead atoms. The fourth-order valence-electron chi connectivity index (χ4n) is 1.69. The summed E-state index contributed by atoms with van der Waals surface area (Å²) in [6.45, 7) is 8.10. The van der Waals surface area contributed by atoms with Crippen LogP contribution < -0.4 is 0 Å². The van der Waals surface area contributed by atoms with Crippen molar-refractivity contribution in [1.29, 1.82) is 0 Å². The summed E-state index contributed by atoms with van der Waals surface area (Å²) in [4.78, 5) is 12.4. The van der Waals surface area contributed by atoms with Gasteiger partial charge in [0.2, 0.25) is 0 Å². The maximum atomic E-state index is 12.4. The first-order valence-corrected chi connectivity index (χ1v) is 6.27. The third kappa shape index (κ3) is 3.08. The molecular formula is C14H19ClO2. The van der Waals surface area contributed by atoms with Crippen LogP contribution in [0.25, 0.3) is 0 Å². The van der Waals surface area contributed by atoms with Crippen molar-refractivity contribution in [2.24, 2.45) is 0 Å². The summed E-state index contributed by atoms with van der Waals surface area (Å²) in [5.74, 6) is -0.0104. The average molecular weight is 255 g/mol. The van der Waals surface area contributed by atoms with E-state index in [0.717, 1.165) is 5.56 Å². The Hall–Kier alpha value is -0.860. The zero-order valence-electron chi connectivity index (χ0n) is 10.8. The van der Waals surface area contributed by atoms with E-state index in [1.54, 1.807) is 12.1 Å². The number of carbonyl (C=O) groups is 1. The third-order valence-electron chi connectivity index (χ3n) is 3.05. The smallest absolute Gasteiger partial charge is 0.194 e. The van der Waals surface area contributed by atoms with Crippen LogP contribution in [0, 0.1) is 6.92 Å². The molecule has 2 nitrogen and oxygen atoms in total. The molecule has 17 heavy (non-hydrogen) atoms. The van der Waals surface area contributed by atoms with Gasteiger partial charge in [-0.25, -0.2) is 0 Å². The summed E-state index contributed by atoms with van der Waals surface area (Å²) in [6.07, 6.45) is 0.644. The number of carbonyl (C=O) groups excluding carboxylic acids is 1. The highest BCUT2D eigenvalue weighted by Crippen LogP contribution is 2.24. The van der Waals surface area contributed by atoms with Crippen LogP contribution in [0.1, 0.15) is 43.1 Å². The molecule has 1 aromatic rings. The van der Waals surface area contributed by atoms with E-state index in [9.17, 15) is 4.79 Å². The Morgan fingerprint density at radius 2 is 2.06 bits per heavy atom. The van der Waals surface area contributed by atoms with E-state index >= 15 is 0 Å². The normalized spacial score (nSPS) is 14.4. The zero-order chi connectivity index (χ0) is 13.1. The zero-order valence-corrected chi connectivity index (χ0v) is 11.6. The van der Waals surface area contributed by atoms with Crippen molar-refractivity contribution >= 4 is 17.4 Å². The minimum atomic E-state index is -0.757. The van der Waals surface area contributed by atoms with Gasteiger partial charge in [-0.1, -0.05) is 30.7 Å². The van der Waals surface area contributed by atoms with Gasteiger partial charge < -0.3 is 4.74 Å². The number of ketones is 1. The van der Waals surface area contributed by atoms with E-state index < -0.39 is 5.60 Å². The Bertz CT molecular complexity index is 415. The first-order valence-electron chi connectivity index (χ1n) is 5.89. The van der Waals surface area contributed by atoms with Crippen molar-refractivity contribution in [3.8, 4) is 0 Å². The average Bonchev–Trinajstić information content (AvgIpc) is 2.32. The molecular weight excluding hydrogens is 236 g/mol. The van der Waals surface area contributed by atoms with Gasteiger partial charge in [0.1, 0.15) is 5.60 Å². The molecule has 0 saturated carbocycles. The third-order valence-corrected chi connectivity index (χ3v) is 3.46. The molecule has 1 unspecified atom stereocenters. The number of Topliss-reactive ketones (excluding diaryl/α,β-unsaturated/α-hetero) is 1. The van der Waals surface area contributed by atoms with Gasteiger partial charge in [-0.15, -0.1) is 0 Å². The topological polar surface area (TPSA) is 26.3 Å². The molecule has 1 aromatic carbocycles. The molecule has 3 heteroatoms. The fraction of sp³-hybridized carbons (Fsp3) is 0.500. The predicted octanol–water partition coefficient (Wildman–Crippen LogP) is 4.04. The lowest BCUT2D eigenvalue weighted by molar-refractivity contribution is -0.0116. The van der Waals surface area contributed by atoms with Gasteiger partial charge in [0.05, 0.1) is 0 Å². The van der Waals surface area contributed by atoms with E-state index in [2.05, 4.69) is 0 Å². The second kappa shape index (κ2) is 5.65. The summed E-state index contributed by atoms with van der Waals surface area (Å²) >= 11 is 6.04. The van der Waals surface area contributed by atoms with Crippen LogP contribution in [-0.4, -0.2) is 18.0 Å². The van der Waals surface area contributed by atoms with E-state index in [1.807, 2.05) is 33.8 Å². The SMILES string of the molecule is CCOC(C)(CC)C(=O)c1ccc(C)c(Cl)c1. The molecule has 0 N–H and O–H groups in total. The summed E-state index contributed by atoms with van der Waals surface area (Å²) in [5.41, 5.74) is 0.823. The van der Waals surface area contributed by atoms with Gasteiger partial charge in [-0.2, -0.15) is 0 Å². The standard InChI is InChI=1S/C14H19ClO2/c1-5-14(4,17-6-2)13(16)11-8-7-10(3)12(15)9-11/h7-9H,5-6H2,1-4H3. The van der Waals surface area contributed by atoms with Crippen molar-refractivity contribution in [2.75, 3.05) is 6.61 Å². The van der Waals surface area contributed by atoms with Crippen LogP contribution in [0.2, 0.25) is 5.02 Å². The number of ether oxygens (including phenoxy) is 1. The number of hydrogen-bond acceptors (Lipinski definition) is 2. The maximum absolute atomic E-state index is 12.4. The summed E-state index contributed by atoms with van der Waals surface area (Å²) in [6, 6.07) is 5.38. The minimum Gasteiger partial charge on any atom is -0.367 e. The molecule has 0 aliphatic carbocycles. The lowest BCUT2D eigenvalue weighted by atomic mass is 9.91. The molecule has 94 valence electrons. The highest BCUT2D eigenvalue weighted by molar-refractivity contribution is 6.31. The molecule has 0 fully saturated rings. The summed E-state index contributed by atoms with van der Waals surface area (Å²) < 4.78 is 5.57. The van der Waals surface area contributed by atoms with Crippen molar-refractivity contribution in [3.63, 3.8) is 0 Å². The number of hydrogen-bond donors (Lipinski definition) is 0. The fourth-order valence-corrected chi connectivity index (χ4v) is 1.87. The summed E-state index contributed by atoms with van der Waals surface area (Å²) in [7, 11) is 0. The van der Waals surface area contributed by atoms with Crippen molar-refractivity contribution < 1.29 is 9.53 Å². The van der Waals surface area contributed by atoms with Gasteiger partial charge in [0.15, 0.2) is 5.78 Å². The van der Waals surface area contributed by atoms with Crippen LogP contribution in [0.5, 0.6) is 0 Å². The lowest BCUT2D eigenvalue weighted by Crippen LogP contribution is -2.37. The van der Waals surface area contributed by atoms with E-state index in [1.165, 1.54) is 0 Å². The quantitative estimate of drug-likeness (QED) is 0.742. The number of benzene rings is 1. The number of halogens is 1. The molecule has 1 atom stereocenters. The van der Waals surface area contributed by atoms with Crippen LogP contribution in [0.3, 0.4) is 0 Å². The first kappa shape index (κ1) is 14.2. The van der Waals surface area contributed by atoms with Crippen LogP contribution >= 0.6 is 11.6 Å². The van der Waals surface area contributed by atoms with E-state index in [0.29, 0.717) is 23.6 Å². The van der Waals surface area contributed by atoms with Gasteiger partial charge in [0.25, 0.3) is 0 Å². The van der Waals surface area contributed by atoms with E-state index in [-0.39, 0.29) is 5.78 Å². The van der Waals surface area contributed by atoms with Gasteiger partial charge in [-0.3, -0.25) is 4.79 Å². The van der Waals surface area contributed by atoms with Crippen LogP contribution in [-0.2, 0) is 4.74 Å². The molecule has 0 aromatic heterocycles. The van der Waals surface area contributed by atoms with Gasteiger partial charge in [0, 0.05) is 17.2 Å². The van der Waals surface area contributed by atoms with Crippen LogP contribution in [0.4, 0.5) is 0 Å². The Kier molecular flexibility index (Phi) is 4.72. The highest BCUT2D eigenvalue weighted by Gasteiger charge is 2.32. The van der Waals surface area contributed by atoms with Crippen molar-refractivity contribution in [2.45, 2.75) is 39.7 Å². The predicted molar refractivity (Wildman–Crippen MR) is 70.8 cm³/mol. The Morgan fingerprint density at radius 1 is 1.41 bits per heavy atom. The molecule has 0 heterocycles. The Morgan fingerprint density at radius 3 is 2.53 bits per heavy atom. The minimum absolute atomic E-state index is 0.0104. The van der Waals surface area contributed by atoms with Crippen molar-refractivity contribution in [3.05, 3.63) is 34.3 Å². The van der Waals surface area contributed by atoms with Crippen molar-refractivity contribution in [1.82, 2.24) is 0 Å². The molecule has 0 aliphatic heterocycles. The molecule has 0 saturated heterocycles. The lowest BCUT2D eigenvalue weighted by Gasteiger charge is -2.26. The molecule has 1 rings (SSSR count). The second-order valence-electron chi connectivity index (χ2n) is 4.31. The van der Waals surface area contributed by atoms with E-state index in [4.69, 9.17) is 16.3 Å². The van der Waals surface area contributed by atoms with Gasteiger partial charge in [-0.05, 0) is 38.8 Å². The summed E-state index contributed by atoms with van der Waals surface area (Å²) in [5, 5.41) is 0.616. The van der Waals surface area contributed by atoms with Crippen LogP contribution in [0.15, 0.2) is 18.2 Å². The van der Waals surface area contributed by atoms with Gasteiger partial charge >= 0.3 is 0 Å². The Labute approximate surface area is 108 Å². The number of rotatable bonds is 5. The molecule has 0 aliphatic rings. The maximum Gasteiger partial charge on any atom is 0.194 e. The first-order chi connectivity index (χ1) is 7.94. The Balaban J connectivity index is 3.06. The monoisotopic (exact) mass is 254 g/mol.